The predicted molar refractivity (Wildman–Crippen MR) is 89.2 cm³/mol. The van der Waals surface area contributed by atoms with Gasteiger partial charge < -0.3 is 10.0 Å². The number of carbonyl (C=O) groups excluding carboxylic acids is 1. The molecular formula is C18H21N3O2. The Morgan fingerprint density at radius 3 is 2.91 bits per heavy atom. The van der Waals surface area contributed by atoms with Crippen molar-refractivity contribution in [1.29, 1.82) is 0 Å². The van der Waals surface area contributed by atoms with Gasteiger partial charge in [-0.1, -0.05) is 31.9 Å². The molecule has 0 bridgehead atoms. The second-order valence-electron chi connectivity index (χ2n) is 5.81. The van der Waals surface area contributed by atoms with E-state index in [1.807, 2.05) is 4.90 Å². The van der Waals surface area contributed by atoms with Gasteiger partial charge in [-0.2, -0.15) is 5.10 Å². The van der Waals surface area contributed by atoms with Crippen LogP contribution in [0.4, 0.5) is 0 Å². The number of phenolic OH excluding ortho intramolecular Hbond substituents is 1. The lowest BCUT2D eigenvalue weighted by Crippen LogP contribution is -2.36. The number of amides is 1. The van der Waals surface area contributed by atoms with Gasteiger partial charge in [-0.15, -0.1) is 0 Å². The molecule has 0 spiro atoms. The third kappa shape index (κ3) is 3.28. The SMILES string of the molecule is CCCC[C@@H]1C=CCN1C(=O)c1cc(-c2ccc(O)cc2)n[nH]1. The number of benzene rings is 1. The number of phenols is 1. The van der Waals surface area contributed by atoms with E-state index in [2.05, 4.69) is 29.3 Å². The fourth-order valence-corrected chi connectivity index (χ4v) is 2.84. The molecule has 2 heterocycles. The second-order valence-corrected chi connectivity index (χ2v) is 5.81. The lowest BCUT2D eigenvalue weighted by atomic mass is 10.1. The van der Waals surface area contributed by atoms with Gasteiger partial charge in [0.1, 0.15) is 11.4 Å². The zero-order chi connectivity index (χ0) is 16.2. The van der Waals surface area contributed by atoms with Crippen LogP contribution in [0.1, 0.15) is 36.7 Å². The molecule has 0 unspecified atom stereocenters. The summed E-state index contributed by atoms with van der Waals surface area (Å²) in [7, 11) is 0. The molecule has 23 heavy (non-hydrogen) atoms. The molecule has 1 aliphatic heterocycles. The third-order valence-corrected chi connectivity index (χ3v) is 4.15. The smallest absolute Gasteiger partial charge is 0.272 e. The fourth-order valence-electron chi connectivity index (χ4n) is 2.84. The second kappa shape index (κ2) is 6.69. The van der Waals surface area contributed by atoms with Crippen molar-refractivity contribution in [1.82, 2.24) is 15.1 Å². The van der Waals surface area contributed by atoms with E-state index in [4.69, 9.17) is 0 Å². The summed E-state index contributed by atoms with van der Waals surface area (Å²) in [5.41, 5.74) is 2.06. The Morgan fingerprint density at radius 2 is 2.17 bits per heavy atom. The number of rotatable bonds is 5. The summed E-state index contributed by atoms with van der Waals surface area (Å²) < 4.78 is 0. The van der Waals surface area contributed by atoms with Crippen molar-refractivity contribution < 1.29 is 9.90 Å². The van der Waals surface area contributed by atoms with Crippen molar-refractivity contribution in [3.63, 3.8) is 0 Å². The quantitative estimate of drug-likeness (QED) is 0.832. The Kier molecular flexibility index (Phi) is 4.46. The van der Waals surface area contributed by atoms with Crippen LogP contribution in [0.3, 0.4) is 0 Å². The van der Waals surface area contributed by atoms with Crippen LogP contribution in [0.5, 0.6) is 5.75 Å². The van der Waals surface area contributed by atoms with E-state index in [0.717, 1.165) is 24.8 Å². The highest BCUT2D eigenvalue weighted by Crippen LogP contribution is 2.23. The largest absolute Gasteiger partial charge is 0.508 e. The van der Waals surface area contributed by atoms with Crippen LogP contribution in [0, 0.1) is 0 Å². The van der Waals surface area contributed by atoms with Crippen LogP contribution in [-0.2, 0) is 0 Å². The van der Waals surface area contributed by atoms with E-state index in [-0.39, 0.29) is 17.7 Å². The number of hydrogen-bond acceptors (Lipinski definition) is 3. The zero-order valence-corrected chi connectivity index (χ0v) is 13.2. The van der Waals surface area contributed by atoms with E-state index in [1.54, 1.807) is 30.3 Å². The minimum Gasteiger partial charge on any atom is -0.508 e. The van der Waals surface area contributed by atoms with E-state index < -0.39 is 0 Å². The van der Waals surface area contributed by atoms with Crippen molar-refractivity contribution >= 4 is 5.91 Å². The summed E-state index contributed by atoms with van der Waals surface area (Å²) in [5, 5.41) is 16.4. The van der Waals surface area contributed by atoms with Crippen LogP contribution in [0.2, 0.25) is 0 Å². The minimum absolute atomic E-state index is 0.0198. The minimum atomic E-state index is -0.0198. The van der Waals surface area contributed by atoms with Crippen molar-refractivity contribution in [3.8, 4) is 17.0 Å². The van der Waals surface area contributed by atoms with Crippen LogP contribution in [-0.4, -0.2) is 38.7 Å². The molecule has 1 aliphatic rings. The lowest BCUT2D eigenvalue weighted by Gasteiger charge is -2.23. The summed E-state index contributed by atoms with van der Waals surface area (Å²) in [6.07, 6.45) is 7.40. The predicted octanol–water partition coefficient (Wildman–Crippen LogP) is 3.35. The highest BCUT2D eigenvalue weighted by molar-refractivity contribution is 5.94. The van der Waals surface area contributed by atoms with Crippen LogP contribution >= 0.6 is 0 Å². The van der Waals surface area contributed by atoms with Gasteiger partial charge in [-0.05, 0) is 36.8 Å². The topological polar surface area (TPSA) is 69.2 Å². The number of hydrogen-bond donors (Lipinski definition) is 2. The fraction of sp³-hybridized carbons (Fsp3) is 0.333. The average molecular weight is 311 g/mol. The molecule has 1 aromatic heterocycles. The molecule has 0 aliphatic carbocycles. The van der Waals surface area contributed by atoms with E-state index >= 15 is 0 Å². The van der Waals surface area contributed by atoms with Gasteiger partial charge in [-0.3, -0.25) is 9.89 Å². The van der Waals surface area contributed by atoms with Crippen LogP contribution in [0.15, 0.2) is 42.5 Å². The highest BCUT2D eigenvalue weighted by Gasteiger charge is 2.26. The van der Waals surface area contributed by atoms with Crippen LogP contribution < -0.4 is 0 Å². The maximum absolute atomic E-state index is 12.7. The van der Waals surface area contributed by atoms with E-state index in [0.29, 0.717) is 17.9 Å². The van der Waals surface area contributed by atoms with Crippen molar-refractivity contribution in [3.05, 3.63) is 48.2 Å². The molecule has 2 N–H and O–H groups in total. The molecule has 5 heteroatoms. The Hall–Kier alpha value is -2.56. The molecule has 2 aromatic rings. The van der Waals surface area contributed by atoms with Gasteiger partial charge in [0.05, 0.1) is 11.7 Å². The molecule has 0 fully saturated rings. The van der Waals surface area contributed by atoms with Crippen molar-refractivity contribution in [2.24, 2.45) is 0 Å². The monoisotopic (exact) mass is 311 g/mol. The summed E-state index contributed by atoms with van der Waals surface area (Å²) in [4.78, 5) is 14.6. The normalized spacial score (nSPS) is 16.9. The molecule has 0 radical (unpaired) electrons. The first-order valence-corrected chi connectivity index (χ1v) is 8.01. The number of unbranched alkanes of at least 4 members (excludes halogenated alkanes) is 1. The van der Waals surface area contributed by atoms with Gasteiger partial charge in [0.2, 0.25) is 0 Å². The van der Waals surface area contributed by atoms with Gasteiger partial charge in [0.25, 0.3) is 5.91 Å². The van der Waals surface area contributed by atoms with Gasteiger partial charge >= 0.3 is 0 Å². The molecule has 1 amide bonds. The Morgan fingerprint density at radius 1 is 1.39 bits per heavy atom. The van der Waals surface area contributed by atoms with E-state index in [1.165, 1.54) is 0 Å². The summed E-state index contributed by atoms with van der Waals surface area (Å²) in [6, 6.07) is 8.72. The maximum Gasteiger partial charge on any atom is 0.272 e. The first-order chi connectivity index (χ1) is 11.2. The number of nitrogens with zero attached hydrogens (tertiary/aromatic N) is 2. The van der Waals surface area contributed by atoms with Crippen molar-refractivity contribution in [2.75, 3.05) is 6.54 Å². The summed E-state index contributed by atoms with van der Waals surface area (Å²) in [6.45, 7) is 2.81. The Labute approximate surface area is 135 Å². The standard InChI is InChI=1S/C18H21N3O2/c1-2-3-5-14-6-4-11-21(14)18(23)17-12-16(19-20-17)13-7-9-15(22)10-8-13/h4,6-10,12,14,22H,2-3,5,11H2,1H3,(H,19,20)/t14-/m1/s1. The first-order valence-electron chi connectivity index (χ1n) is 8.01. The molecule has 0 saturated heterocycles. The third-order valence-electron chi connectivity index (χ3n) is 4.15. The lowest BCUT2D eigenvalue weighted by molar-refractivity contribution is 0.0737. The van der Waals surface area contributed by atoms with Gasteiger partial charge in [-0.25, -0.2) is 0 Å². The van der Waals surface area contributed by atoms with Crippen molar-refractivity contribution in [2.45, 2.75) is 32.2 Å². The number of H-pyrrole nitrogens is 1. The number of aromatic hydroxyl groups is 1. The number of aromatic amines is 1. The Bertz CT molecular complexity index is 703. The van der Waals surface area contributed by atoms with Gasteiger partial charge in [0.15, 0.2) is 0 Å². The molecular weight excluding hydrogens is 290 g/mol. The van der Waals surface area contributed by atoms with Gasteiger partial charge in [0, 0.05) is 12.1 Å². The molecule has 3 rings (SSSR count). The first kappa shape index (κ1) is 15.3. The number of aromatic nitrogens is 2. The van der Waals surface area contributed by atoms with Crippen LogP contribution in [0.25, 0.3) is 11.3 Å². The average Bonchev–Trinajstić information content (AvgIpc) is 3.22. The zero-order valence-electron chi connectivity index (χ0n) is 13.2. The summed E-state index contributed by atoms with van der Waals surface area (Å²) in [5.74, 6) is 0.191. The molecule has 1 aromatic carbocycles. The number of carbonyl (C=O) groups is 1. The highest BCUT2D eigenvalue weighted by atomic mass is 16.3. The Balaban J connectivity index is 1.74. The summed E-state index contributed by atoms with van der Waals surface area (Å²) >= 11 is 0. The molecule has 0 saturated carbocycles. The molecule has 120 valence electrons. The maximum atomic E-state index is 12.7. The number of nitrogens with one attached hydrogen (secondary N) is 1. The molecule has 5 nitrogen and oxygen atoms in total. The van der Waals surface area contributed by atoms with E-state index in [9.17, 15) is 9.90 Å². The molecule has 1 atom stereocenters.